The molecule has 1 aliphatic heterocycles. The summed E-state index contributed by atoms with van der Waals surface area (Å²) in [5.41, 5.74) is 1.84. The maximum Gasteiger partial charge on any atom is 0.258 e. The zero-order chi connectivity index (χ0) is 32.1. The van der Waals surface area contributed by atoms with Crippen molar-refractivity contribution in [2.45, 2.75) is 103 Å². The van der Waals surface area contributed by atoms with Gasteiger partial charge in [-0.3, -0.25) is 14.4 Å². The predicted molar refractivity (Wildman–Crippen MR) is 172 cm³/mol. The Hall–Kier alpha value is -2.57. The number of aliphatic hydroxyl groups is 1. The zero-order valence-corrected chi connectivity index (χ0v) is 28.4. The third-order valence-corrected chi connectivity index (χ3v) is 9.70. The number of carbonyl (C=O) groups is 3. The second kappa shape index (κ2) is 14.7. The first kappa shape index (κ1) is 34.3. The molecule has 2 heterocycles. The van der Waals surface area contributed by atoms with Crippen LogP contribution in [0.4, 0.5) is 4.39 Å². The smallest absolute Gasteiger partial charge is 0.258 e. The topological polar surface area (TPSA) is 121 Å². The zero-order valence-electron chi connectivity index (χ0n) is 26.0. The monoisotopic (exact) mass is 694 g/mol. The van der Waals surface area contributed by atoms with Crippen LogP contribution in [-0.2, 0) is 20.9 Å². The molecule has 3 amide bonds. The summed E-state index contributed by atoms with van der Waals surface area (Å²) in [5, 5.41) is 17.0. The number of carbonyl (C=O) groups excluding carboxylic acids is 3. The summed E-state index contributed by atoms with van der Waals surface area (Å²) in [7, 11) is 0. The first-order chi connectivity index (χ1) is 20.8. The molecule has 44 heavy (non-hydrogen) atoms. The molecule has 0 bridgehead atoms. The van der Waals surface area contributed by atoms with Crippen LogP contribution < -0.4 is 15.4 Å². The number of rotatable bonds is 14. The van der Waals surface area contributed by atoms with Crippen LogP contribution in [0.15, 0.2) is 23.7 Å². The van der Waals surface area contributed by atoms with Crippen LogP contribution in [0.1, 0.15) is 77.0 Å². The molecule has 3 atom stereocenters. The first-order valence-corrected chi connectivity index (χ1v) is 17.3. The molecule has 1 saturated carbocycles. The summed E-state index contributed by atoms with van der Waals surface area (Å²) in [6, 6.07) is 3.90. The van der Waals surface area contributed by atoms with Gasteiger partial charge >= 0.3 is 0 Å². The molecule has 1 aliphatic carbocycles. The standard InChI is InChI=1S/C32H44BrFN4O5S/c1-20-26(44-19-36-20)21-9-10-22(25(15-21)43-14-8-6-5-7-13-33)17-35-28(40)24-16-23(39)18-38(24)29(41)27(31(2,3)4)37-30(42)32(34)11-12-32/h9-10,15,19,23-24,27,39H,5-8,11-14,16-18H2,1-4H3,(H,35,40)(H,37,42)/t23-,24+,27-/m1/s1. The van der Waals surface area contributed by atoms with Crippen molar-refractivity contribution >= 4 is 45.0 Å². The van der Waals surface area contributed by atoms with Crippen molar-refractivity contribution in [3.05, 3.63) is 35.0 Å². The molecule has 0 spiro atoms. The van der Waals surface area contributed by atoms with Crippen molar-refractivity contribution in [2.24, 2.45) is 5.41 Å². The molecule has 3 N–H and O–H groups in total. The number of nitrogens with zero attached hydrogens (tertiary/aromatic N) is 2. The van der Waals surface area contributed by atoms with Crippen LogP contribution in [0.5, 0.6) is 5.75 Å². The lowest BCUT2D eigenvalue weighted by Crippen LogP contribution is -2.59. The predicted octanol–water partition coefficient (Wildman–Crippen LogP) is 5.06. The van der Waals surface area contributed by atoms with Gasteiger partial charge in [0.2, 0.25) is 11.8 Å². The van der Waals surface area contributed by atoms with E-state index >= 15 is 0 Å². The largest absolute Gasteiger partial charge is 0.493 e. The van der Waals surface area contributed by atoms with E-state index in [4.69, 9.17) is 4.74 Å². The number of benzene rings is 1. The van der Waals surface area contributed by atoms with Crippen molar-refractivity contribution in [3.8, 4) is 16.2 Å². The minimum absolute atomic E-state index is 0.0491. The van der Waals surface area contributed by atoms with E-state index in [1.165, 1.54) is 4.90 Å². The summed E-state index contributed by atoms with van der Waals surface area (Å²) >= 11 is 5.02. The number of amides is 3. The van der Waals surface area contributed by atoms with Gasteiger partial charge in [0.15, 0.2) is 5.67 Å². The maximum atomic E-state index is 14.5. The Morgan fingerprint density at radius 2 is 1.95 bits per heavy atom. The Morgan fingerprint density at radius 3 is 2.59 bits per heavy atom. The molecule has 4 rings (SSSR count). The summed E-state index contributed by atoms with van der Waals surface area (Å²) in [4.78, 5) is 46.5. The van der Waals surface area contributed by atoms with E-state index < -0.39 is 47.0 Å². The van der Waals surface area contributed by atoms with Gasteiger partial charge in [0.25, 0.3) is 5.91 Å². The van der Waals surface area contributed by atoms with E-state index in [0.717, 1.165) is 52.7 Å². The summed E-state index contributed by atoms with van der Waals surface area (Å²) < 4.78 is 20.7. The van der Waals surface area contributed by atoms with Gasteiger partial charge in [-0.05, 0) is 49.7 Å². The van der Waals surface area contributed by atoms with Gasteiger partial charge in [-0.1, -0.05) is 61.7 Å². The highest BCUT2D eigenvalue weighted by Crippen LogP contribution is 2.40. The Bertz CT molecular complexity index is 1330. The van der Waals surface area contributed by atoms with Gasteiger partial charge in [-0.15, -0.1) is 11.3 Å². The normalized spacial score (nSPS) is 19.8. The second-order valence-electron chi connectivity index (χ2n) is 12.9. The number of halogens is 2. The SMILES string of the molecule is Cc1ncsc1-c1ccc(CNC(=O)[C@@H]2C[C@@H](O)CN2C(=O)[C@@H](NC(=O)C2(F)CC2)C(C)(C)C)c(OCCCCCCBr)c1. The van der Waals surface area contributed by atoms with Gasteiger partial charge in [0.1, 0.15) is 17.8 Å². The van der Waals surface area contributed by atoms with Crippen LogP contribution in [0.3, 0.4) is 0 Å². The average Bonchev–Trinajstić information content (AvgIpc) is 3.38. The molecule has 12 heteroatoms. The summed E-state index contributed by atoms with van der Waals surface area (Å²) in [6.45, 7) is 7.95. The number of hydrogen-bond donors (Lipinski definition) is 3. The van der Waals surface area contributed by atoms with Crippen LogP contribution >= 0.6 is 27.3 Å². The van der Waals surface area contributed by atoms with Crippen molar-refractivity contribution < 1.29 is 28.6 Å². The number of ether oxygens (including phenoxy) is 1. The fraction of sp³-hybridized carbons (Fsp3) is 0.625. The van der Waals surface area contributed by atoms with Crippen molar-refractivity contribution in [3.63, 3.8) is 0 Å². The minimum atomic E-state index is -1.94. The summed E-state index contributed by atoms with van der Waals surface area (Å²) in [5.74, 6) is -1.06. The van der Waals surface area contributed by atoms with E-state index in [0.29, 0.717) is 12.4 Å². The molecular weight excluding hydrogens is 651 g/mol. The third-order valence-electron chi connectivity index (χ3n) is 8.16. The number of thiazole rings is 1. The molecule has 1 saturated heterocycles. The average molecular weight is 696 g/mol. The number of β-amino-alcohol motifs (C(OH)–C–C–N with tert-alkyl or cyclic N) is 1. The van der Waals surface area contributed by atoms with E-state index in [2.05, 4.69) is 31.5 Å². The lowest BCUT2D eigenvalue weighted by atomic mass is 9.85. The highest BCUT2D eigenvalue weighted by atomic mass is 79.9. The van der Waals surface area contributed by atoms with Crippen LogP contribution in [0, 0.1) is 12.3 Å². The van der Waals surface area contributed by atoms with E-state index in [-0.39, 0.29) is 32.4 Å². The fourth-order valence-electron chi connectivity index (χ4n) is 5.31. The van der Waals surface area contributed by atoms with Crippen molar-refractivity contribution in [1.82, 2.24) is 20.5 Å². The molecule has 0 radical (unpaired) electrons. The molecule has 9 nitrogen and oxygen atoms in total. The fourth-order valence-corrected chi connectivity index (χ4v) is 6.50. The Labute approximate surface area is 271 Å². The van der Waals surface area contributed by atoms with Crippen molar-refractivity contribution in [2.75, 3.05) is 18.5 Å². The Balaban J connectivity index is 1.46. The molecule has 2 aromatic rings. The molecule has 1 aromatic carbocycles. The first-order valence-electron chi connectivity index (χ1n) is 15.3. The molecule has 2 aliphatic rings. The quantitative estimate of drug-likeness (QED) is 0.188. The number of hydrogen-bond acceptors (Lipinski definition) is 7. The summed E-state index contributed by atoms with van der Waals surface area (Å²) in [6.07, 6.45) is 3.64. The second-order valence-corrected chi connectivity index (χ2v) is 14.5. The molecule has 242 valence electrons. The molecule has 0 unspecified atom stereocenters. The van der Waals surface area contributed by atoms with Gasteiger partial charge in [-0.25, -0.2) is 9.37 Å². The number of aliphatic hydroxyl groups excluding tert-OH is 1. The van der Waals surface area contributed by atoms with Gasteiger partial charge in [0.05, 0.1) is 28.8 Å². The van der Waals surface area contributed by atoms with Gasteiger partial charge in [0, 0.05) is 30.4 Å². The Kier molecular flexibility index (Phi) is 11.4. The van der Waals surface area contributed by atoms with Crippen molar-refractivity contribution in [1.29, 1.82) is 0 Å². The van der Waals surface area contributed by atoms with Gasteiger partial charge in [-0.2, -0.15) is 0 Å². The maximum absolute atomic E-state index is 14.5. The van der Waals surface area contributed by atoms with Crippen LogP contribution in [0.2, 0.25) is 0 Å². The lowest BCUT2D eigenvalue weighted by Gasteiger charge is -2.35. The number of unbranched alkanes of at least 4 members (excludes halogenated alkanes) is 3. The van der Waals surface area contributed by atoms with E-state index in [9.17, 15) is 23.9 Å². The van der Waals surface area contributed by atoms with Crippen LogP contribution in [-0.4, -0.2) is 75.1 Å². The van der Waals surface area contributed by atoms with E-state index in [1.54, 1.807) is 32.1 Å². The highest BCUT2D eigenvalue weighted by Gasteiger charge is 2.53. The number of nitrogens with one attached hydrogen (secondary N) is 2. The Morgan fingerprint density at radius 1 is 1.23 bits per heavy atom. The highest BCUT2D eigenvalue weighted by molar-refractivity contribution is 9.09. The molecule has 2 fully saturated rings. The lowest BCUT2D eigenvalue weighted by molar-refractivity contribution is -0.145. The minimum Gasteiger partial charge on any atom is -0.493 e. The third kappa shape index (κ3) is 8.57. The number of aromatic nitrogens is 1. The number of likely N-dealkylation sites (tertiary alicyclic amines) is 1. The van der Waals surface area contributed by atoms with E-state index in [1.807, 2.05) is 30.6 Å². The van der Waals surface area contributed by atoms with Gasteiger partial charge < -0.3 is 25.4 Å². The number of alkyl halides is 2. The molecular formula is C32H44BrFN4O5S. The number of aryl methyl sites for hydroxylation is 1. The van der Waals surface area contributed by atoms with Crippen LogP contribution in [0.25, 0.3) is 10.4 Å². The molecule has 1 aromatic heterocycles.